The molecule has 0 fully saturated rings. The summed E-state index contributed by atoms with van der Waals surface area (Å²) in [6.45, 7) is 0. The van der Waals surface area contributed by atoms with Gasteiger partial charge in [0.05, 0.1) is 33.4 Å². The van der Waals surface area contributed by atoms with Crippen molar-refractivity contribution in [3.05, 3.63) is 106 Å². The van der Waals surface area contributed by atoms with Crippen molar-refractivity contribution >= 4 is 35.8 Å². The van der Waals surface area contributed by atoms with Gasteiger partial charge in [0.15, 0.2) is 0 Å². The van der Waals surface area contributed by atoms with Crippen molar-refractivity contribution in [2.75, 3.05) is 0 Å². The minimum absolute atomic E-state index is 0.385. The van der Waals surface area contributed by atoms with Crippen molar-refractivity contribution in [1.82, 2.24) is 0 Å². The van der Waals surface area contributed by atoms with Crippen molar-refractivity contribution in [1.29, 1.82) is 0 Å². The van der Waals surface area contributed by atoms with Crippen molar-refractivity contribution in [3.63, 3.8) is 0 Å². The summed E-state index contributed by atoms with van der Waals surface area (Å²) in [4.78, 5) is 72.5. The Bertz CT molecular complexity index is 1240. The monoisotopic (exact) mass is 462 g/mol. The first kappa shape index (κ1) is 23.5. The van der Waals surface area contributed by atoms with Gasteiger partial charge in [0, 0.05) is 0 Å². The molecule has 170 valence electrons. The van der Waals surface area contributed by atoms with E-state index in [4.69, 9.17) is 9.47 Å². The summed E-state index contributed by atoms with van der Waals surface area (Å²) in [6, 6.07) is 15.1. The van der Waals surface area contributed by atoms with E-state index in [9.17, 15) is 39.0 Å². The van der Waals surface area contributed by atoms with E-state index in [0.717, 1.165) is 36.4 Å². The lowest BCUT2D eigenvalue weighted by Crippen LogP contribution is -2.21. The molecular formula is C24H14O10. The highest BCUT2D eigenvalue weighted by Crippen LogP contribution is 2.17. The Labute approximate surface area is 191 Å². The average Bonchev–Trinajstić information content (AvgIpc) is 2.83. The Kier molecular flexibility index (Phi) is 6.92. The van der Waals surface area contributed by atoms with Gasteiger partial charge in [0.25, 0.3) is 0 Å². The predicted octanol–water partition coefficient (Wildman–Crippen LogP) is 3.08. The molecule has 0 aliphatic heterocycles. The molecule has 3 rings (SSSR count). The zero-order valence-electron chi connectivity index (χ0n) is 17.1. The highest BCUT2D eigenvalue weighted by Gasteiger charge is 2.26. The maximum absolute atomic E-state index is 12.6. The molecule has 0 unspecified atom stereocenters. The van der Waals surface area contributed by atoms with Gasteiger partial charge in [-0.15, -0.1) is 0 Å². The number of hydrogen-bond donors (Lipinski definition) is 2. The van der Waals surface area contributed by atoms with Crippen LogP contribution in [-0.4, -0.2) is 46.0 Å². The van der Waals surface area contributed by atoms with Crippen LogP contribution in [0.5, 0.6) is 0 Å². The molecule has 2 N–H and O–H groups in total. The van der Waals surface area contributed by atoms with E-state index >= 15 is 0 Å². The van der Waals surface area contributed by atoms with Crippen LogP contribution < -0.4 is 0 Å². The summed E-state index contributed by atoms with van der Waals surface area (Å²) in [5.74, 6) is -7.95. The second-order valence-electron chi connectivity index (χ2n) is 6.60. The Balaban J connectivity index is 1.83. The van der Waals surface area contributed by atoms with E-state index in [0.29, 0.717) is 0 Å². The number of aromatic carboxylic acids is 2. The normalized spacial score (nSPS) is 10.1. The van der Waals surface area contributed by atoms with E-state index in [1.165, 1.54) is 36.4 Å². The van der Waals surface area contributed by atoms with E-state index < -0.39 is 58.1 Å². The van der Waals surface area contributed by atoms with Crippen LogP contribution in [0.1, 0.15) is 62.1 Å². The highest BCUT2D eigenvalue weighted by molar-refractivity contribution is 6.13. The summed E-state index contributed by atoms with van der Waals surface area (Å²) >= 11 is 0. The van der Waals surface area contributed by atoms with Gasteiger partial charge in [0.2, 0.25) is 0 Å². The fourth-order valence-corrected chi connectivity index (χ4v) is 2.92. The molecule has 34 heavy (non-hydrogen) atoms. The molecule has 3 aromatic carbocycles. The molecule has 0 aliphatic rings. The predicted molar refractivity (Wildman–Crippen MR) is 113 cm³/mol. The Morgan fingerprint density at radius 2 is 0.618 bits per heavy atom. The molecule has 10 heteroatoms. The largest absolute Gasteiger partial charge is 0.478 e. The van der Waals surface area contributed by atoms with Gasteiger partial charge >= 0.3 is 35.8 Å². The average molecular weight is 462 g/mol. The number of ether oxygens (including phenoxy) is 2. The van der Waals surface area contributed by atoms with Crippen LogP contribution in [0.25, 0.3) is 0 Å². The van der Waals surface area contributed by atoms with Gasteiger partial charge in [-0.2, -0.15) is 0 Å². The van der Waals surface area contributed by atoms with E-state index in [-0.39, 0.29) is 11.1 Å². The molecule has 10 nitrogen and oxygen atoms in total. The summed E-state index contributed by atoms with van der Waals surface area (Å²) in [5, 5.41) is 18.4. The minimum atomic E-state index is -1.41. The van der Waals surface area contributed by atoms with E-state index in [2.05, 4.69) is 0 Å². The zero-order valence-corrected chi connectivity index (χ0v) is 17.1. The van der Waals surface area contributed by atoms with Crippen LogP contribution in [0.15, 0.2) is 72.8 Å². The molecule has 0 aromatic heterocycles. The van der Waals surface area contributed by atoms with Crippen molar-refractivity contribution in [3.8, 4) is 0 Å². The molecule has 0 saturated heterocycles. The number of carbonyl (C=O) groups excluding carboxylic acids is 4. The van der Waals surface area contributed by atoms with Gasteiger partial charge in [0.1, 0.15) is 0 Å². The van der Waals surface area contributed by atoms with Gasteiger partial charge in [-0.3, -0.25) is 0 Å². The number of carboxylic acids is 2. The van der Waals surface area contributed by atoms with Gasteiger partial charge in [-0.1, -0.05) is 36.4 Å². The Hall–Kier alpha value is -5.12. The fraction of sp³-hybridized carbons (Fsp3) is 0. The summed E-state index contributed by atoms with van der Waals surface area (Å²) in [7, 11) is 0. The lowest BCUT2D eigenvalue weighted by atomic mass is 10.1. The second-order valence-corrected chi connectivity index (χ2v) is 6.60. The Morgan fingerprint density at radius 3 is 0.853 bits per heavy atom. The maximum atomic E-state index is 12.6. The van der Waals surface area contributed by atoms with Crippen molar-refractivity contribution < 1.29 is 48.5 Å². The topological polar surface area (TPSA) is 161 Å². The van der Waals surface area contributed by atoms with Crippen LogP contribution in [0.2, 0.25) is 0 Å². The molecule has 0 aliphatic carbocycles. The number of benzene rings is 3. The molecule has 0 amide bonds. The van der Waals surface area contributed by atoms with Crippen molar-refractivity contribution in [2.45, 2.75) is 0 Å². The number of hydrogen-bond acceptors (Lipinski definition) is 8. The van der Waals surface area contributed by atoms with Crippen LogP contribution in [-0.2, 0) is 9.47 Å². The summed E-state index contributed by atoms with van der Waals surface area (Å²) < 4.78 is 9.47. The Morgan fingerprint density at radius 1 is 0.412 bits per heavy atom. The number of carboxylic acid groups (broad SMARTS) is 2. The van der Waals surface area contributed by atoms with E-state index in [1.54, 1.807) is 0 Å². The summed E-state index contributed by atoms with van der Waals surface area (Å²) in [6.07, 6.45) is 0. The lowest BCUT2D eigenvalue weighted by molar-refractivity contribution is 0.0354. The SMILES string of the molecule is O=C(O)c1ccccc1C(=O)OC(=O)c1ccccc1C(=O)OC(=O)c1ccccc1C(=O)O. The van der Waals surface area contributed by atoms with Gasteiger partial charge < -0.3 is 19.7 Å². The van der Waals surface area contributed by atoms with Crippen molar-refractivity contribution in [2.24, 2.45) is 0 Å². The number of rotatable bonds is 6. The first-order valence-electron chi connectivity index (χ1n) is 9.47. The van der Waals surface area contributed by atoms with Crippen LogP contribution in [0, 0.1) is 0 Å². The third-order valence-corrected chi connectivity index (χ3v) is 4.49. The lowest BCUT2D eigenvalue weighted by Gasteiger charge is -2.10. The number of esters is 4. The van der Waals surface area contributed by atoms with Crippen LogP contribution >= 0.6 is 0 Å². The third kappa shape index (κ3) is 5.02. The standard InChI is InChI=1S/C24H14O10/c25-19(26)13-7-1-3-9-15(13)21(29)33-23(31)17-11-5-6-12-18(17)24(32)34-22(30)16-10-4-2-8-14(16)20(27)28/h1-12H,(H,25,26)(H,27,28). The molecule has 0 bridgehead atoms. The molecular weight excluding hydrogens is 448 g/mol. The molecule has 0 saturated carbocycles. The molecule has 0 atom stereocenters. The second kappa shape index (κ2) is 10.0. The fourth-order valence-electron chi connectivity index (χ4n) is 2.92. The number of carbonyl (C=O) groups is 6. The zero-order chi connectivity index (χ0) is 24.8. The van der Waals surface area contributed by atoms with Crippen LogP contribution in [0.3, 0.4) is 0 Å². The van der Waals surface area contributed by atoms with Gasteiger partial charge in [-0.25, -0.2) is 28.8 Å². The molecule has 3 aromatic rings. The van der Waals surface area contributed by atoms with Crippen LogP contribution in [0.4, 0.5) is 0 Å². The summed E-state index contributed by atoms with van der Waals surface area (Å²) in [5.41, 5.74) is -2.43. The molecule has 0 radical (unpaired) electrons. The first-order chi connectivity index (χ1) is 16.2. The van der Waals surface area contributed by atoms with Gasteiger partial charge in [-0.05, 0) is 36.4 Å². The quantitative estimate of drug-likeness (QED) is 0.411. The molecule has 0 spiro atoms. The maximum Gasteiger partial charge on any atom is 0.346 e. The third-order valence-electron chi connectivity index (χ3n) is 4.49. The highest BCUT2D eigenvalue weighted by atomic mass is 16.6. The smallest absolute Gasteiger partial charge is 0.346 e. The van der Waals surface area contributed by atoms with E-state index in [1.807, 2.05) is 0 Å². The molecule has 0 heterocycles. The first-order valence-corrected chi connectivity index (χ1v) is 9.47. The minimum Gasteiger partial charge on any atom is -0.478 e.